The van der Waals surface area contributed by atoms with Crippen LogP contribution >= 0.6 is 0 Å². The SMILES string of the molecule is CCCn1cc(-n2cc(-c3ccc(OC(C)C)nc3C)cn2)ccc1=O. The van der Waals surface area contributed by atoms with Gasteiger partial charge in [-0.15, -0.1) is 0 Å². The summed E-state index contributed by atoms with van der Waals surface area (Å²) in [6, 6.07) is 7.24. The number of ether oxygens (including phenoxy) is 1. The van der Waals surface area contributed by atoms with E-state index in [2.05, 4.69) is 10.1 Å². The first-order valence-corrected chi connectivity index (χ1v) is 8.88. The van der Waals surface area contributed by atoms with Gasteiger partial charge in [-0.25, -0.2) is 9.67 Å². The van der Waals surface area contributed by atoms with Gasteiger partial charge >= 0.3 is 0 Å². The van der Waals surface area contributed by atoms with Crippen molar-refractivity contribution in [3.05, 3.63) is 58.9 Å². The molecular weight excluding hydrogens is 328 g/mol. The summed E-state index contributed by atoms with van der Waals surface area (Å²) in [6.07, 6.45) is 6.59. The predicted octanol–water partition coefficient (Wildman–Crippen LogP) is 3.60. The summed E-state index contributed by atoms with van der Waals surface area (Å²) in [5, 5.41) is 4.45. The maximum absolute atomic E-state index is 11.9. The Morgan fingerprint density at radius 3 is 2.65 bits per heavy atom. The third-order valence-electron chi connectivity index (χ3n) is 4.01. The van der Waals surface area contributed by atoms with Gasteiger partial charge < -0.3 is 9.30 Å². The van der Waals surface area contributed by atoms with Gasteiger partial charge in [0.2, 0.25) is 5.88 Å². The molecule has 0 fully saturated rings. The van der Waals surface area contributed by atoms with E-state index in [1.807, 2.05) is 58.4 Å². The summed E-state index contributed by atoms with van der Waals surface area (Å²) >= 11 is 0. The van der Waals surface area contributed by atoms with E-state index in [1.54, 1.807) is 21.4 Å². The summed E-state index contributed by atoms with van der Waals surface area (Å²) in [4.78, 5) is 16.4. The standard InChI is InChI=1S/C20H24N4O2/c1-5-10-23-13-17(6-9-20(23)25)24-12-16(11-21-24)18-7-8-19(22-15(18)4)26-14(2)3/h6-9,11-14H,5,10H2,1-4H3. The van der Waals surface area contributed by atoms with E-state index in [0.717, 1.165) is 28.9 Å². The highest BCUT2D eigenvalue weighted by atomic mass is 16.5. The van der Waals surface area contributed by atoms with E-state index in [9.17, 15) is 4.79 Å². The second-order valence-electron chi connectivity index (χ2n) is 6.54. The van der Waals surface area contributed by atoms with Crippen LogP contribution in [0.1, 0.15) is 32.9 Å². The Morgan fingerprint density at radius 2 is 1.96 bits per heavy atom. The van der Waals surface area contributed by atoms with Crippen molar-refractivity contribution in [2.75, 3.05) is 0 Å². The second-order valence-corrected chi connectivity index (χ2v) is 6.54. The fourth-order valence-electron chi connectivity index (χ4n) is 2.82. The van der Waals surface area contributed by atoms with Gasteiger partial charge in [0, 0.05) is 47.9 Å². The lowest BCUT2D eigenvalue weighted by Gasteiger charge is -2.10. The number of hydrogen-bond donors (Lipinski definition) is 0. The summed E-state index contributed by atoms with van der Waals surface area (Å²) in [5.74, 6) is 0.625. The lowest BCUT2D eigenvalue weighted by molar-refractivity contribution is 0.232. The lowest BCUT2D eigenvalue weighted by atomic mass is 10.1. The van der Waals surface area contributed by atoms with Crippen LogP contribution in [-0.4, -0.2) is 25.4 Å². The van der Waals surface area contributed by atoms with Crippen LogP contribution in [0.5, 0.6) is 5.88 Å². The number of rotatable bonds is 6. The Labute approximate surface area is 153 Å². The first kappa shape index (κ1) is 17.9. The molecule has 3 aromatic rings. The van der Waals surface area contributed by atoms with Crippen molar-refractivity contribution in [3.63, 3.8) is 0 Å². The Balaban J connectivity index is 1.91. The molecule has 0 aromatic carbocycles. The molecule has 0 saturated carbocycles. The minimum Gasteiger partial charge on any atom is -0.475 e. The molecular formula is C20H24N4O2. The van der Waals surface area contributed by atoms with Gasteiger partial charge in [-0.2, -0.15) is 5.10 Å². The Kier molecular flexibility index (Phi) is 5.21. The Hall–Kier alpha value is -2.89. The van der Waals surface area contributed by atoms with Crippen molar-refractivity contribution >= 4 is 0 Å². The van der Waals surface area contributed by atoms with Crippen LogP contribution in [0.2, 0.25) is 0 Å². The third kappa shape index (κ3) is 3.85. The normalized spacial score (nSPS) is 11.1. The molecule has 0 unspecified atom stereocenters. The molecule has 6 nitrogen and oxygen atoms in total. The highest BCUT2D eigenvalue weighted by Gasteiger charge is 2.10. The van der Waals surface area contributed by atoms with Gasteiger partial charge in [-0.1, -0.05) is 6.92 Å². The van der Waals surface area contributed by atoms with Gasteiger partial charge in [0.05, 0.1) is 18.0 Å². The second kappa shape index (κ2) is 7.56. The van der Waals surface area contributed by atoms with Crippen molar-refractivity contribution in [1.82, 2.24) is 19.3 Å². The maximum atomic E-state index is 11.9. The van der Waals surface area contributed by atoms with E-state index in [-0.39, 0.29) is 11.7 Å². The number of pyridine rings is 2. The predicted molar refractivity (Wildman–Crippen MR) is 102 cm³/mol. The van der Waals surface area contributed by atoms with Crippen LogP contribution in [0.15, 0.2) is 47.7 Å². The first-order valence-electron chi connectivity index (χ1n) is 8.88. The maximum Gasteiger partial charge on any atom is 0.250 e. The Morgan fingerprint density at radius 1 is 1.15 bits per heavy atom. The zero-order valence-corrected chi connectivity index (χ0v) is 15.6. The molecule has 26 heavy (non-hydrogen) atoms. The average molecular weight is 352 g/mol. The summed E-state index contributed by atoms with van der Waals surface area (Å²) < 4.78 is 9.13. The van der Waals surface area contributed by atoms with Crippen LogP contribution in [0.25, 0.3) is 16.8 Å². The summed E-state index contributed by atoms with van der Waals surface area (Å²) in [7, 11) is 0. The fourth-order valence-corrected chi connectivity index (χ4v) is 2.82. The van der Waals surface area contributed by atoms with Crippen LogP contribution in [0.3, 0.4) is 0 Å². The van der Waals surface area contributed by atoms with Gasteiger partial charge in [-0.3, -0.25) is 4.79 Å². The van der Waals surface area contributed by atoms with Crippen molar-refractivity contribution in [1.29, 1.82) is 0 Å². The number of hydrogen-bond acceptors (Lipinski definition) is 4. The van der Waals surface area contributed by atoms with Crippen molar-refractivity contribution < 1.29 is 4.74 Å². The number of aryl methyl sites for hydroxylation is 2. The zero-order chi connectivity index (χ0) is 18.7. The molecule has 3 heterocycles. The molecule has 0 spiro atoms. The largest absolute Gasteiger partial charge is 0.475 e. The van der Waals surface area contributed by atoms with E-state index >= 15 is 0 Å². The monoisotopic (exact) mass is 352 g/mol. The van der Waals surface area contributed by atoms with Crippen LogP contribution in [-0.2, 0) is 6.54 Å². The first-order chi connectivity index (χ1) is 12.5. The molecule has 0 aliphatic carbocycles. The number of aromatic nitrogens is 4. The fraction of sp³-hybridized carbons (Fsp3) is 0.350. The van der Waals surface area contributed by atoms with Crippen molar-refractivity contribution in [2.24, 2.45) is 0 Å². The minimum absolute atomic E-state index is 0.00349. The van der Waals surface area contributed by atoms with E-state index in [0.29, 0.717) is 12.4 Å². The third-order valence-corrected chi connectivity index (χ3v) is 4.01. The van der Waals surface area contributed by atoms with Crippen LogP contribution < -0.4 is 10.3 Å². The topological polar surface area (TPSA) is 61.9 Å². The molecule has 0 N–H and O–H groups in total. The van der Waals surface area contributed by atoms with Crippen LogP contribution in [0, 0.1) is 6.92 Å². The molecule has 6 heteroatoms. The highest BCUT2D eigenvalue weighted by molar-refractivity contribution is 5.65. The molecule has 0 atom stereocenters. The van der Waals surface area contributed by atoms with E-state index in [1.165, 1.54) is 0 Å². The molecule has 0 bridgehead atoms. The summed E-state index contributed by atoms with van der Waals surface area (Å²) in [5.41, 5.74) is 3.73. The highest BCUT2D eigenvalue weighted by Crippen LogP contribution is 2.25. The molecule has 0 saturated heterocycles. The Bertz CT molecular complexity index is 956. The van der Waals surface area contributed by atoms with E-state index in [4.69, 9.17) is 4.74 Å². The zero-order valence-electron chi connectivity index (χ0n) is 15.6. The van der Waals surface area contributed by atoms with Gasteiger partial charge in [0.25, 0.3) is 5.56 Å². The molecule has 0 amide bonds. The minimum atomic E-state index is 0.00349. The lowest BCUT2D eigenvalue weighted by Crippen LogP contribution is -2.19. The molecule has 0 radical (unpaired) electrons. The van der Waals surface area contributed by atoms with Gasteiger partial charge in [-0.05, 0) is 39.3 Å². The van der Waals surface area contributed by atoms with Gasteiger partial charge in [0.15, 0.2) is 0 Å². The van der Waals surface area contributed by atoms with Crippen LogP contribution in [0.4, 0.5) is 0 Å². The summed E-state index contributed by atoms with van der Waals surface area (Å²) in [6.45, 7) is 8.66. The molecule has 136 valence electrons. The number of nitrogens with zero attached hydrogens (tertiary/aromatic N) is 4. The van der Waals surface area contributed by atoms with Crippen molar-refractivity contribution in [3.8, 4) is 22.7 Å². The van der Waals surface area contributed by atoms with E-state index < -0.39 is 0 Å². The molecule has 3 aromatic heterocycles. The van der Waals surface area contributed by atoms with Gasteiger partial charge in [0.1, 0.15) is 0 Å². The smallest absolute Gasteiger partial charge is 0.250 e. The average Bonchev–Trinajstić information content (AvgIpc) is 3.06. The molecule has 0 aliphatic rings. The molecule has 0 aliphatic heterocycles. The quantitative estimate of drug-likeness (QED) is 0.680. The van der Waals surface area contributed by atoms with Crippen molar-refractivity contribution in [2.45, 2.75) is 46.8 Å². The molecule has 3 rings (SSSR count).